The van der Waals surface area contributed by atoms with Crippen LogP contribution in [0.3, 0.4) is 0 Å². The quantitative estimate of drug-likeness (QED) is 0.289. The van der Waals surface area contributed by atoms with Crippen molar-refractivity contribution in [2.45, 2.75) is 51.2 Å². The van der Waals surface area contributed by atoms with Crippen molar-refractivity contribution in [1.82, 2.24) is 15.5 Å². The highest BCUT2D eigenvalue weighted by Crippen LogP contribution is 2.20. The maximum atomic E-state index is 11.4. The standard InChI is InChI=1S/C24H34N4O2S.HI/c1-4-25-24(26-15-20-10-12-22(13-11-20)18-31(3,29)30)27-23-14-19(2)28(17-23)16-21-8-6-5-7-9-21;/h5-13,19,23H,4,14-18H2,1-3H3,(H2,25,26,27);1H. The van der Waals surface area contributed by atoms with Crippen LogP contribution in [0.5, 0.6) is 0 Å². The number of sulfone groups is 1. The number of aliphatic imine (C=N–C) groups is 1. The lowest BCUT2D eigenvalue weighted by Crippen LogP contribution is -2.44. The fraction of sp³-hybridized carbons (Fsp3) is 0.458. The van der Waals surface area contributed by atoms with E-state index in [0.717, 1.165) is 43.1 Å². The Morgan fingerprint density at radius 1 is 1.06 bits per heavy atom. The third kappa shape index (κ3) is 8.71. The van der Waals surface area contributed by atoms with E-state index in [-0.39, 0.29) is 29.7 Å². The van der Waals surface area contributed by atoms with E-state index in [1.54, 1.807) is 0 Å². The van der Waals surface area contributed by atoms with E-state index in [0.29, 0.717) is 18.6 Å². The average molecular weight is 571 g/mol. The van der Waals surface area contributed by atoms with Crippen LogP contribution in [0, 0.1) is 0 Å². The summed E-state index contributed by atoms with van der Waals surface area (Å²) in [7, 11) is -3.02. The van der Waals surface area contributed by atoms with Crippen molar-refractivity contribution in [2.24, 2.45) is 4.99 Å². The topological polar surface area (TPSA) is 73.8 Å². The molecular weight excluding hydrogens is 535 g/mol. The number of guanidine groups is 1. The third-order valence-electron chi connectivity index (χ3n) is 5.49. The van der Waals surface area contributed by atoms with Gasteiger partial charge in [0, 0.05) is 38.0 Å². The summed E-state index contributed by atoms with van der Waals surface area (Å²) in [5.41, 5.74) is 3.20. The van der Waals surface area contributed by atoms with Crippen LogP contribution in [0.15, 0.2) is 59.6 Å². The number of hydrogen-bond donors (Lipinski definition) is 2. The lowest BCUT2D eigenvalue weighted by molar-refractivity contribution is 0.258. The first-order valence-corrected chi connectivity index (χ1v) is 13.0. The summed E-state index contributed by atoms with van der Waals surface area (Å²) >= 11 is 0. The zero-order valence-electron chi connectivity index (χ0n) is 19.1. The number of likely N-dealkylation sites (tertiary alicyclic amines) is 1. The van der Waals surface area contributed by atoms with Crippen LogP contribution in [0.2, 0.25) is 0 Å². The maximum absolute atomic E-state index is 11.4. The second-order valence-electron chi connectivity index (χ2n) is 8.42. The van der Waals surface area contributed by atoms with E-state index >= 15 is 0 Å². The van der Waals surface area contributed by atoms with Crippen LogP contribution in [-0.4, -0.2) is 50.7 Å². The van der Waals surface area contributed by atoms with Gasteiger partial charge in [-0.2, -0.15) is 0 Å². The number of benzene rings is 2. The number of rotatable bonds is 8. The highest BCUT2D eigenvalue weighted by atomic mass is 127. The Labute approximate surface area is 209 Å². The summed E-state index contributed by atoms with van der Waals surface area (Å²) in [5, 5.41) is 6.94. The van der Waals surface area contributed by atoms with Crippen LogP contribution in [0.25, 0.3) is 0 Å². The number of halogens is 1. The van der Waals surface area contributed by atoms with Crippen LogP contribution in [-0.2, 0) is 28.7 Å². The first-order chi connectivity index (χ1) is 14.8. The smallest absolute Gasteiger partial charge is 0.191 e. The zero-order valence-corrected chi connectivity index (χ0v) is 22.3. The molecule has 0 spiro atoms. The molecule has 0 saturated carbocycles. The molecule has 0 aliphatic carbocycles. The van der Waals surface area contributed by atoms with Gasteiger partial charge in [0.2, 0.25) is 0 Å². The van der Waals surface area contributed by atoms with Gasteiger partial charge in [0.1, 0.15) is 0 Å². The number of hydrogen-bond acceptors (Lipinski definition) is 4. The van der Waals surface area contributed by atoms with Crippen molar-refractivity contribution < 1.29 is 8.42 Å². The van der Waals surface area contributed by atoms with Crippen molar-refractivity contribution in [2.75, 3.05) is 19.3 Å². The molecule has 2 aromatic carbocycles. The van der Waals surface area contributed by atoms with Crippen molar-refractivity contribution >= 4 is 39.8 Å². The van der Waals surface area contributed by atoms with Crippen LogP contribution >= 0.6 is 24.0 Å². The first-order valence-electron chi connectivity index (χ1n) is 10.9. The summed E-state index contributed by atoms with van der Waals surface area (Å²) in [6.07, 6.45) is 2.34. The molecule has 32 heavy (non-hydrogen) atoms. The van der Waals surface area contributed by atoms with Gasteiger partial charge in [-0.3, -0.25) is 4.90 Å². The molecule has 2 unspecified atom stereocenters. The molecule has 1 fully saturated rings. The average Bonchev–Trinajstić information content (AvgIpc) is 3.06. The molecule has 0 amide bonds. The van der Waals surface area contributed by atoms with Gasteiger partial charge in [-0.1, -0.05) is 54.6 Å². The summed E-state index contributed by atoms with van der Waals surface area (Å²) in [5.74, 6) is 0.890. The highest BCUT2D eigenvalue weighted by Gasteiger charge is 2.29. The summed E-state index contributed by atoms with van der Waals surface area (Å²) < 4.78 is 22.9. The second-order valence-corrected chi connectivity index (χ2v) is 10.6. The Morgan fingerprint density at radius 2 is 1.72 bits per heavy atom. The lowest BCUT2D eigenvalue weighted by atomic mass is 10.1. The largest absolute Gasteiger partial charge is 0.357 e. The molecule has 1 aliphatic rings. The third-order valence-corrected chi connectivity index (χ3v) is 6.35. The molecule has 1 saturated heterocycles. The van der Waals surface area contributed by atoms with E-state index in [1.807, 2.05) is 24.3 Å². The fourth-order valence-corrected chi connectivity index (χ4v) is 4.77. The molecule has 2 N–H and O–H groups in total. The maximum Gasteiger partial charge on any atom is 0.191 e. The minimum atomic E-state index is -3.02. The Kier molecular flexibility index (Phi) is 10.4. The minimum Gasteiger partial charge on any atom is -0.357 e. The van der Waals surface area contributed by atoms with E-state index in [1.165, 1.54) is 11.8 Å². The molecule has 6 nitrogen and oxygen atoms in total. The van der Waals surface area contributed by atoms with Gasteiger partial charge < -0.3 is 10.6 Å². The fourth-order valence-electron chi connectivity index (χ4n) is 3.97. The van der Waals surface area contributed by atoms with Gasteiger partial charge >= 0.3 is 0 Å². The number of nitrogens with one attached hydrogen (secondary N) is 2. The number of nitrogens with zero attached hydrogens (tertiary/aromatic N) is 2. The summed E-state index contributed by atoms with van der Waals surface area (Å²) in [6, 6.07) is 19.1. The van der Waals surface area contributed by atoms with Crippen LogP contribution in [0.1, 0.15) is 37.0 Å². The summed E-state index contributed by atoms with van der Waals surface area (Å²) in [6.45, 7) is 7.65. The van der Waals surface area contributed by atoms with E-state index < -0.39 is 9.84 Å². The van der Waals surface area contributed by atoms with Crippen molar-refractivity contribution in [1.29, 1.82) is 0 Å². The van der Waals surface area contributed by atoms with Gasteiger partial charge in [0.15, 0.2) is 15.8 Å². The lowest BCUT2D eigenvalue weighted by Gasteiger charge is -2.21. The molecule has 0 bridgehead atoms. The Balaban J connectivity index is 0.00000363. The predicted octanol–water partition coefficient (Wildman–Crippen LogP) is 3.57. The Hall–Kier alpha value is -1.65. The zero-order chi connectivity index (χ0) is 22.3. The molecule has 0 radical (unpaired) electrons. The highest BCUT2D eigenvalue weighted by molar-refractivity contribution is 14.0. The SMILES string of the molecule is CCNC(=NCc1ccc(CS(C)(=O)=O)cc1)NC1CC(C)N(Cc2ccccc2)C1.I. The molecule has 1 aliphatic heterocycles. The van der Waals surface area contributed by atoms with Crippen molar-refractivity contribution in [3.05, 3.63) is 71.3 Å². The molecule has 2 aromatic rings. The molecule has 176 valence electrons. The summed E-state index contributed by atoms with van der Waals surface area (Å²) in [4.78, 5) is 7.25. The van der Waals surface area contributed by atoms with Gasteiger partial charge in [-0.05, 0) is 37.0 Å². The molecule has 3 rings (SSSR count). The van der Waals surface area contributed by atoms with Crippen molar-refractivity contribution in [3.8, 4) is 0 Å². The molecule has 0 aromatic heterocycles. The van der Waals surface area contributed by atoms with E-state index in [2.05, 4.69) is 59.7 Å². The van der Waals surface area contributed by atoms with Gasteiger partial charge in [-0.25, -0.2) is 13.4 Å². The Bertz CT molecular complexity index is 965. The molecular formula is C24H35IN4O2S. The van der Waals surface area contributed by atoms with E-state index in [4.69, 9.17) is 4.99 Å². The minimum absolute atomic E-state index is 0. The van der Waals surface area contributed by atoms with Gasteiger partial charge in [0.25, 0.3) is 0 Å². The molecule has 1 heterocycles. The van der Waals surface area contributed by atoms with Gasteiger partial charge in [-0.15, -0.1) is 24.0 Å². The normalized spacial score (nSPS) is 19.4. The predicted molar refractivity (Wildman–Crippen MR) is 143 cm³/mol. The molecule has 2 atom stereocenters. The van der Waals surface area contributed by atoms with Crippen molar-refractivity contribution in [3.63, 3.8) is 0 Å². The van der Waals surface area contributed by atoms with Crippen LogP contribution in [0.4, 0.5) is 0 Å². The second kappa shape index (κ2) is 12.6. The monoisotopic (exact) mass is 570 g/mol. The Morgan fingerprint density at radius 3 is 2.34 bits per heavy atom. The van der Waals surface area contributed by atoms with Gasteiger partial charge in [0.05, 0.1) is 12.3 Å². The van der Waals surface area contributed by atoms with E-state index in [9.17, 15) is 8.42 Å². The first kappa shape index (κ1) is 26.6. The molecule has 8 heteroatoms. The van der Waals surface area contributed by atoms with Crippen LogP contribution < -0.4 is 10.6 Å².